The van der Waals surface area contributed by atoms with Gasteiger partial charge in [-0.05, 0) is 70.3 Å². The Morgan fingerprint density at radius 1 is 0.935 bits per heavy atom. The summed E-state index contributed by atoms with van der Waals surface area (Å²) in [5, 5.41) is 0. The lowest BCUT2D eigenvalue weighted by Gasteiger charge is -2.36. The van der Waals surface area contributed by atoms with Crippen LogP contribution in [0.25, 0.3) is 0 Å². The first-order chi connectivity index (χ1) is 14.8. The number of halogens is 1. The molecule has 1 heterocycles. The third-order valence-corrected chi connectivity index (χ3v) is 7.83. The molecule has 0 radical (unpaired) electrons. The predicted molar refractivity (Wildman–Crippen MR) is 130 cm³/mol. The van der Waals surface area contributed by atoms with Gasteiger partial charge >= 0.3 is 13.9 Å². The maximum Gasteiger partial charge on any atom is 0.999 e. The first-order valence-electron chi connectivity index (χ1n) is 11.2. The molecule has 0 saturated heterocycles. The van der Waals surface area contributed by atoms with E-state index in [0.29, 0.717) is 6.04 Å². The lowest BCUT2D eigenvalue weighted by molar-refractivity contribution is 0.162. The van der Waals surface area contributed by atoms with Crippen LogP contribution in [-0.2, 0) is 6.54 Å². The molecule has 1 fully saturated rings. The quantitative estimate of drug-likeness (QED) is 0.473. The highest BCUT2D eigenvalue weighted by molar-refractivity contribution is 7.00. The highest BCUT2D eigenvalue weighted by Gasteiger charge is 2.35. The van der Waals surface area contributed by atoms with Crippen molar-refractivity contribution >= 4 is 30.2 Å². The van der Waals surface area contributed by atoms with E-state index >= 15 is 0 Å². The number of fused-ring (bicyclic) bond motifs is 3. The molecule has 0 spiro atoms. The van der Waals surface area contributed by atoms with Crippen molar-refractivity contribution in [3.8, 4) is 11.5 Å². The molecule has 31 heavy (non-hydrogen) atoms. The number of aliphatic imine (C=N–C) groups is 1. The van der Waals surface area contributed by atoms with Crippen LogP contribution in [0.2, 0.25) is 0 Å². The SMILES string of the molecule is Cc1cc(C)c2c(c1)C=N[C@@H]1CCCC[C@H]1N(C)Cc1cc(C)cc(C)c1[O][Al]([Cl])[O]2. The van der Waals surface area contributed by atoms with E-state index in [4.69, 9.17) is 22.6 Å². The van der Waals surface area contributed by atoms with Crippen LogP contribution in [0.3, 0.4) is 0 Å². The Labute approximate surface area is 195 Å². The fraction of sp³-hybridized carbons (Fsp3) is 0.480. The summed E-state index contributed by atoms with van der Waals surface area (Å²) >= 11 is -2.49. The van der Waals surface area contributed by atoms with Gasteiger partial charge in [-0.15, -0.1) is 0 Å². The Morgan fingerprint density at radius 2 is 1.58 bits per heavy atom. The van der Waals surface area contributed by atoms with Gasteiger partial charge in [0.25, 0.3) is 0 Å². The van der Waals surface area contributed by atoms with Gasteiger partial charge in [0.1, 0.15) is 0 Å². The van der Waals surface area contributed by atoms with Crippen molar-refractivity contribution in [3.05, 3.63) is 57.6 Å². The molecule has 1 aliphatic heterocycles. The van der Waals surface area contributed by atoms with Crippen LogP contribution in [0.15, 0.2) is 29.3 Å². The van der Waals surface area contributed by atoms with Crippen LogP contribution in [0, 0.1) is 27.7 Å². The smallest absolute Gasteiger partial charge is 0.599 e. The van der Waals surface area contributed by atoms with Crippen LogP contribution in [-0.4, -0.2) is 44.1 Å². The molecule has 0 N–H and O–H groups in total. The Kier molecular flexibility index (Phi) is 6.98. The van der Waals surface area contributed by atoms with Gasteiger partial charge in [-0.25, -0.2) is 0 Å². The van der Waals surface area contributed by atoms with E-state index in [2.05, 4.69) is 63.9 Å². The summed E-state index contributed by atoms with van der Waals surface area (Å²) in [5.41, 5.74) is 6.77. The minimum absolute atomic E-state index is 0.285. The summed E-state index contributed by atoms with van der Waals surface area (Å²) in [6.07, 6.45) is 6.78. The molecule has 0 aromatic heterocycles. The molecular weight excluding hydrogens is 423 g/mol. The molecule has 164 valence electrons. The molecule has 0 bridgehead atoms. The van der Waals surface area contributed by atoms with Gasteiger partial charge in [-0.1, -0.05) is 36.6 Å². The number of nitrogens with zero attached hydrogens (tertiary/aromatic N) is 2. The average Bonchev–Trinajstić information content (AvgIpc) is 2.71. The molecule has 0 amide bonds. The van der Waals surface area contributed by atoms with Crippen LogP contribution in [0.5, 0.6) is 11.5 Å². The highest BCUT2D eigenvalue weighted by atomic mass is 35.6. The molecular formula is C25H32AlClN2O2. The van der Waals surface area contributed by atoms with Gasteiger partial charge in [0, 0.05) is 29.9 Å². The molecule has 2 aliphatic rings. The summed E-state index contributed by atoms with van der Waals surface area (Å²) in [5.74, 6) is 1.68. The number of hydrogen-bond donors (Lipinski definition) is 0. The summed E-state index contributed by atoms with van der Waals surface area (Å²) in [4.78, 5) is 7.54. The van der Waals surface area contributed by atoms with Gasteiger partial charge in [0.15, 0.2) is 0 Å². The highest BCUT2D eigenvalue weighted by Crippen LogP contribution is 2.33. The van der Waals surface area contributed by atoms with Crippen LogP contribution in [0.4, 0.5) is 0 Å². The lowest BCUT2D eigenvalue weighted by atomic mass is 9.89. The second-order valence-corrected chi connectivity index (χ2v) is 11.3. The number of aryl methyl sites for hydroxylation is 4. The fourth-order valence-corrected chi connectivity index (χ4v) is 6.74. The summed E-state index contributed by atoms with van der Waals surface area (Å²) < 4.78 is 12.6. The lowest BCUT2D eigenvalue weighted by Crippen LogP contribution is -2.42. The van der Waals surface area contributed by atoms with Gasteiger partial charge in [0.05, 0.1) is 17.5 Å². The van der Waals surface area contributed by atoms with Crippen LogP contribution >= 0.6 is 10.0 Å². The van der Waals surface area contributed by atoms with E-state index in [1.165, 1.54) is 36.0 Å². The normalized spacial score (nSPS) is 22.1. The van der Waals surface area contributed by atoms with Crippen molar-refractivity contribution in [1.82, 2.24) is 4.90 Å². The van der Waals surface area contributed by atoms with Crippen molar-refractivity contribution < 1.29 is 7.58 Å². The largest absolute Gasteiger partial charge is 0.999 e. The van der Waals surface area contributed by atoms with E-state index < -0.39 is 13.9 Å². The second-order valence-electron chi connectivity index (χ2n) is 9.19. The van der Waals surface area contributed by atoms with Crippen molar-refractivity contribution in [2.24, 2.45) is 4.99 Å². The maximum absolute atomic E-state index is 6.73. The molecule has 2 aromatic carbocycles. The average molecular weight is 455 g/mol. The van der Waals surface area contributed by atoms with Gasteiger partial charge in [0.2, 0.25) is 0 Å². The van der Waals surface area contributed by atoms with Crippen LogP contribution in [0.1, 0.15) is 59.1 Å². The Morgan fingerprint density at radius 3 is 2.35 bits per heavy atom. The van der Waals surface area contributed by atoms with Crippen LogP contribution < -0.4 is 7.58 Å². The fourth-order valence-electron chi connectivity index (χ4n) is 5.12. The molecule has 2 atom stereocenters. The predicted octanol–water partition coefficient (Wildman–Crippen LogP) is 5.78. The van der Waals surface area contributed by atoms with Crippen molar-refractivity contribution in [2.45, 2.75) is 72.0 Å². The maximum atomic E-state index is 6.73. The van der Waals surface area contributed by atoms with Crippen molar-refractivity contribution in [1.29, 1.82) is 0 Å². The molecule has 1 saturated carbocycles. The standard InChI is InChI=1S/C25H34N2O2.Al.ClH/c1-16-10-18(3)24(28)20(12-16)14-26-22-8-6-7-9-23(22)27(5)15-21-13-17(2)11-19(4)25(21)29;;/h10-14,22-23,28-29H,6-9,15H2,1-5H3;;1H/q;+3;/p-3/t22-,23-;;/m1../s1. The molecule has 4 rings (SSSR count). The Hall–Kier alpha value is -1.51. The van der Waals surface area contributed by atoms with Crippen molar-refractivity contribution in [3.63, 3.8) is 0 Å². The zero-order chi connectivity index (χ0) is 22.1. The van der Waals surface area contributed by atoms with E-state index in [-0.39, 0.29) is 6.04 Å². The third kappa shape index (κ3) is 5.12. The van der Waals surface area contributed by atoms with E-state index in [9.17, 15) is 0 Å². The summed E-state index contributed by atoms with van der Waals surface area (Å²) in [6.45, 7) is 9.22. The van der Waals surface area contributed by atoms with E-state index in [0.717, 1.165) is 41.2 Å². The summed E-state index contributed by atoms with van der Waals surface area (Å²) in [7, 11) is 8.94. The minimum atomic E-state index is -2.49. The second kappa shape index (κ2) is 9.55. The summed E-state index contributed by atoms with van der Waals surface area (Å²) in [6, 6.07) is 9.34. The van der Waals surface area contributed by atoms with Gasteiger partial charge in [-0.2, -0.15) is 10.0 Å². The van der Waals surface area contributed by atoms with Gasteiger partial charge in [-0.3, -0.25) is 9.89 Å². The number of benzene rings is 2. The Bertz CT molecular complexity index is 994. The number of rotatable bonds is 0. The Balaban J connectivity index is 1.82. The third-order valence-electron chi connectivity index (χ3n) is 6.45. The van der Waals surface area contributed by atoms with E-state index in [1.54, 1.807) is 0 Å². The zero-order valence-electron chi connectivity index (χ0n) is 19.2. The number of hydrogen-bond acceptors (Lipinski definition) is 4. The molecule has 2 aromatic rings. The molecule has 4 nitrogen and oxygen atoms in total. The molecule has 1 aliphatic carbocycles. The first kappa shape index (κ1) is 22.7. The molecule has 6 heteroatoms. The topological polar surface area (TPSA) is 34.1 Å². The monoisotopic (exact) mass is 454 g/mol. The van der Waals surface area contributed by atoms with Gasteiger partial charge < -0.3 is 7.58 Å². The van der Waals surface area contributed by atoms with Crippen molar-refractivity contribution in [2.75, 3.05) is 7.05 Å². The van der Waals surface area contributed by atoms with E-state index in [1.807, 2.05) is 6.21 Å². The first-order valence-corrected chi connectivity index (χ1v) is 13.9. The number of likely N-dealkylation sites (N-methyl/N-ethyl adjacent to an activating group) is 1. The molecule has 0 unspecified atom stereocenters. The zero-order valence-corrected chi connectivity index (χ0v) is 21.2. The minimum Gasteiger partial charge on any atom is -0.599 e.